The van der Waals surface area contributed by atoms with E-state index in [-0.39, 0.29) is 0 Å². The zero-order valence-electron chi connectivity index (χ0n) is 26.9. The van der Waals surface area contributed by atoms with Gasteiger partial charge in [-0.05, 0) is 64.0 Å². The molecule has 0 saturated carbocycles. The van der Waals surface area contributed by atoms with Crippen molar-refractivity contribution in [3.05, 3.63) is 186 Å². The molecule has 10 aromatic rings. The van der Waals surface area contributed by atoms with Crippen molar-refractivity contribution in [2.45, 2.75) is 5.41 Å². The highest BCUT2D eigenvalue weighted by atomic mass is 16.5. The molecule has 50 heavy (non-hydrogen) atoms. The van der Waals surface area contributed by atoms with Crippen molar-refractivity contribution >= 4 is 54.5 Å². The van der Waals surface area contributed by atoms with Gasteiger partial charge in [-0.15, -0.1) is 0 Å². The highest BCUT2D eigenvalue weighted by Crippen LogP contribution is 2.63. The number of hydrogen-bond donors (Lipinski definition) is 0. The lowest BCUT2D eigenvalue weighted by Crippen LogP contribution is -2.32. The average Bonchev–Trinajstić information content (AvgIpc) is 3.82. The zero-order valence-corrected chi connectivity index (χ0v) is 26.9. The first-order valence-corrected chi connectivity index (χ1v) is 17.2. The third kappa shape index (κ3) is 3.11. The molecule has 0 fully saturated rings. The fourth-order valence-corrected chi connectivity index (χ4v) is 9.30. The van der Waals surface area contributed by atoms with E-state index in [1.807, 2.05) is 12.1 Å². The van der Waals surface area contributed by atoms with Crippen LogP contribution in [0.5, 0.6) is 11.5 Å². The molecule has 1 aliphatic heterocycles. The lowest BCUT2D eigenvalue weighted by Gasteiger charge is -2.39. The van der Waals surface area contributed by atoms with E-state index in [9.17, 15) is 0 Å². The van der Waals surface area contributed by atoms with Crippen LogP contribution in [0.25, 0.3) is 71.3 Å². The summed E-state index contributed by atoms with van der Waals surface area (Å²) in [5, 5.41) is 6.92. The van der Waals surface area contributed by atoms with Gasteiger partial charge in [-0.2, -0.15) is 0 Å². The number of para-hydroxylation sites is 2. The maximum Gasteiger partial charge on any atom is 0.142 e. The lowest BCUT2D eigenvalue weighted by atomic mass is 9.66. The van der Waals surface area contributed by atoms with Crippen LogP contribution in [0.4, 0.5) is 0 Å². The van der Waals surface area contributed by atoms with Gasteiger partial charge in [-0.1, -0.05) is 127 Å². The van der Waals surface area contributed by atoms with Crippen LogP contribution in [-0.4, -0.2) is 4.57 Å². The molecule has 0 unspecified atom stereocenters. The largest absolute Gasteiger partial charge is 0.456 e. The molecule has 8 aromatic carbocycles. The number of furan rings is 1. The topological polar surface area (TPSA) is 27.3 Å². The first-order chi connectivity index (χ1) is 24.8. The van der Waals surface area contributed by atoms with E-state index in [4.69, 9.17) is 9.15 Å². The van der Waals surface area contributed by atoms with Crippen molar-refractivity contribution in [3.63, 3.8) is 0 Å². The molecule has 0 atom stereocenters. The second kappa shape index (κ2) is 9.31. The highest BCUT2D eigenvalue weighted by molar-refractivity contribution is 6.21. The van der Waals surface area contributed by atoms with Gasteiger partial charge in [0.15, 0.2) is 0 Å². The first-order valence-electron chi connectivity index (χ1n) is 17.2. The van der Waals surface area contributed by atoms with Crippen LogP contribution in [0.15, 0.2) is 168 Å². The number of ether oxygens (including phenoxy) is 1. The van der Waals surface area contributed by atoms with E-state index in [0.717, 1.165) is 50.0 Å². The van der Waals surface area contributed by atoms with Gasteiger partial charge in [0, 0.05) is 38.4 Å². The normalized spacial score (nSPS) is 13.9. The van der Waals surface area contributed by atoms with Crippen molar-refractivity contribution in [1.82, 2.24) is 4.57 Å². The summed E-state index contributed by atoms with van der Waals surface area (Å²) in [6.45, 7) is 0. The van der Waals surface area contributed by atoms with Crippen molar-refractivity contribution in [1.29, 1.82) is 0 Å². The summed E-state index contributed by atoms with van der Waals surface area (Å²) >= 11 is 0. The molecule has 2 aromatic heterocycles. The van der Waals surface area contributed by atoms with Crippen molar-refractivity contribution in [3.8, 4) is 28.3 Å². The molecule has 3 heterocycles. The van der Waals surface area contributed by atoms with Gasteiger partial charge in [-0.25, -0.2) is 0 Å². The Balaban J connectivity index is 1.26. The number of nitrogens with zero attached hydrogens (tertiary/aromatic N) is 1. The van der Waals surface area contributed by atoms with Crippen LogP contribution < -0.4 is 4.74 Å². The van der Waals surface area contributed by atoms with Crippen LogP contribution in [0, 0.1) is 0 Å². The van der Waals surface area contributed by atoms with Crippen LogP contribution in [0.2, 0.25) is 0 Å². The molecule has 2 aliphatic rings. The van der Waals surface area contributed by atoms with Gasteiger partial charge in [-0.3, -0.25) is 0 Å². The Morgan fingerprint density at radius 3 is 1.98 bits per heavy atom. The molecule has 0 N–H and O–H groups in total. The van der Waals surface area contributed by atoms with Gasteiger partial charge in [0.1, 0.15) is 22.7 Å². The summed E-state index contributed by atoms with van der Waals surface area (Å²) in [6, 6.07) is 59.2. The highest BCUT2D eigenvalue weighted by Gasteiger charge is 2.51. The fraction of sp³-hybridized carbons (Fsp3) is 0.0213. The predicted octanol–water partition coefficient (Wildman–Crippen LogP) is 12.3. The Kier molecular flexibility index (Phi) is 4.91. The number of fused-ring (bicyclic) bond motifs is 18. The molecule has 1 spiro atoms. The Morgan fingerprint density at radius 1 is 0.460 bits per heavy atom. The van der Waals surface area contributed by atoms with Gasteiger partial charge >= 0.3 is 0 Å². The van der Waals surface area contributed by atoms with E-state index < -0.39 is 5.41 Å². The van der Waals surface area contributed by atoms with Crippen LogP contribution in [0.1, 0.15) is 22.3 Å². The van der Waals surface area contributed by atoms with Crippen LogP contribution in [0.3, 0.4) is 0 Å². The average molecular weight is 638 g/mol. The minimum atomic E-state index is -0.522. The molecule has 3 heteroatoms. The molecule has 0 radical (unpaired) electrons. The minimum absolute atomic E-state index is 0.522. The van der Waals surface area contributed by atoms with Crippen LogP contribution >= 0.6 is 0 Å². The van der Waals surface area contributed by atoms with E-state index in [2.05, 4.69) is 156 Å². The molecular formula is C47H27NO2. The van der Waals surface area contributed by atoms with Crippen molar-refractivity contribution < 1.29 is 9.15 Å². The Bertz CT molecular complexity index is 3040. The van der Waals surface area contributed by atoms with Gasteiger partial charge in [0.05, 0.1) is 21.8 Å². The number of rotatable bonds is 1. The third-order valence-corrected chi connectivity index (χ3v) is 11.2. The molecular weight excluding hydrogens is 611 g/mol. The number of hydrogen-bond acceptors (Lipinski definition) is 2. The maximum atomic E-state index is 7.16. The summed E-state index contributed by atoms with van der Waals surface area (Å²) < 4.78 is 15.9. The number of aromatic nitrogens is 1. The smallest absolute Gasteiger partial charge is 0.142 e. The van der Waals surface area contributed by atoms with Crippen LogP contribution in [-0.2, 0) is 5.41 Å². The number of benzene rings is 8. The van der Waals surface area contributed by atoms with Gasteiger partial charge < -0.3 is 13.7 Å². The minimum Gasteiger partial charge on any atom is -0.456 e. The van der Waals surface area contributed by atoms with E-state index in [1.54, 1.807) is 0 Å². The summed E-state index contributed by atoms with van der Waals surface area (Å²) in [5.41, 5.74) is 12.1. The maximum absolute atomic E-state index is 7.16. The second-order valence-corrected chi connectivity index (χ2v) is 13.6. The monoisotopic (exact) mass is 637 g/mol. The van der Waals surface area contributed by atoms with E-state index in [1.165, 1.54) is 55.1 Å². The predicted molar refractivity (Wildman–Crippen MR) is 203 cm³/mol. The summed E-state index contributed by atoms with van der Waals surface area (Å²) in [5.74, 6) is 1.81. The first kappa shape index (κ1) is 26.4. The molecule has 12 rings (SSSR count). The summed E-state index contributed by atoms with van der Waals surface area (Å²) in [4.78, 5) is 0. The van der Waals surface area contributed by atoms with Crippen molar-refractivity contribution in [2.24, 2.45) is 0 Å². The van der Waals surface area contributed by atoms with Crippen molar-refractivity contribution in [2.75, 3.05) is 0 Å². The Labute approximate surface area is 287 Å². The van der Waals surface area contributed by atoms with Gasteiger partial charge in [0.25, 0.3) is 0 Å². The quantitative estimate of drug-likeness (QED) is 0.179. The standard InChI is InChI=1S/C47H27NO2/c1-2-12-30-28(11-1)21-23-34-44-40(48(45(30)34)29-22-26-42-35(27-29)33-15-5-9-19-41(33)49-42)25-24-39-46(44)50-43-20-10-8-18-38(43)47(39)36-16-6-3-13-31(36)32-14-4-7-17-37(32)47/h1-27H. The van der Waals surface area contributed by atoms with E-state index >= 15 is 0 Å². The summed E-state index contributed by atoms with van der Waals surface area (Å²) in [6.07, 6.45) is 0. The SMILES string of the molecule is c1ccc2c(c1)Oc1c(ccc3c1c1ccc4ccccc4c1n3-c1ccc3oc4ccccc4c3c1)C21c2ccccc2-c2ccccc21. The molecule has 0 saturated heterocycles. The second-order valence-electron chi connectivity index (χ2n) is 13.6. The lowest BCUT2D eigenvalue weighted by molar-refractivity contribution is 0.442. The third-order valence-electron chi connectivity index (χ3n) is 11.2. The molecule has 232 valence electrons. The molecule has 1 aliphatic carbocycles. The Morgan fingerprint density at radius 2 is 1.14 bits per heavy atom. The summed E-state index contributed by atoms with van der Waals surface area (Å²) in [7, 11) is 0. The molecule has 3 nitrogen and oxygen atoms in total. The zero-order chi connectivity index (χ0) is 32.6. The fourth-order valence-electron chi connectivity index (χ4n) is 9.30. The molecule has 0 bridgehead atoms. The van der Waals surface area contributed by atoms with Gasteiger partial charge in [0.2, 0.25) is 0 Å². The Hall–Kier alpha value is -6.58. The van der Waals surface area contributed by atoms with E-state index in [0.29, 0.717) is 0 Å². The molecule has 0 amide bonds.